The van der Waals surface area contributed by atoms with Crippen molar-refractivity contribution in [3.63, 3.8) is 0 Å². The number of hydrogen-bond acceptors (Lipinski definition) is 4. The summed E-state index contributed by atoms with van der Waals surface area (Å²) in [6.07, 6.45) is 8.98. The Morgan fingerprint density at radius 3 is 2.96 bits per heavy atom. The van der Waals surface area contributed by atoms with Crippen molar-refractivity contribution in [3.05, 3.63) is 39.3 Å². The lowest BCUT2D eigenvalue weighted by Crippen LogP contribution is -2.47. The number of nitrogens with zero attached hydrogens (tertiary/aromatic N) is 3. The number of hydrogen-bond donors (Lipinski definition) is 1. The van der Waals surface area contributed by atoms with Gasteiger partial charge in [0.05, 0.1) is 11.7 Å². The summed E-state index contributed by atoms with van der Waals surface area (Å²) in [5, 5.41) is 7.39. The summed E-state index contributed by atoms with van der Waals surface area (Å²) in [7, 11) is 1.67. The molecule has 0 saturated carbocycles. The fraction of sp³-hybridized carbons (Fsp3) is 0.632. The molecule has 0 aromatic carbocycles. The van der Waals surface area contributed by atoms with Gasteiger partial charge in [-0.3, -0.25) is 14.5 Å². The summed E-state index contributed by atoms with van der Waals surface area (Å²) in [4.78, 5) is 26.4. The molecule has 0 saturated heterocycles. The van der Waals surface area contributed by atoms with Crippen LogP contribution in [0.1, 0.15) is 50.3 Å². The van der Waals surface area contributed by atoms with Crippen LogP contribution in [0.5, 0.6) is 0 Å². The Labute approximate surface area is 148 Å². The monoisotopic (exact) mass is 344 g/mol. The quantitative estimate of drug-likeness (QED) is 0.823. The van der Waals surface area contributed by atoms with Crippen molar-refractivity contribution in [1.29, 1.82) is 0 Å². The van der Waals surface area contributed by atoms with Gasteiger partial charge >= 0.3 is 0 Å². The van der Waals surface area contributed by atoms with Gasteiger partial charge in [0.1, 0.15) is 0 Å². The first-order chi connectivity index (χ1) is 12.0. The SMILES string of the molecule is C[C@@H](C(=O)NCCC1=CCCCC1)N1CCc2nn(C)c(=O)cc2C1. The van der Waals surface area contributed by atoms with Crippen molar-refractivity contribution >= 4 is 5.91 Å². The molecule has 2 heterocycles. The Balaban J connectivity index is 1.53. The fourth-order valence-corrected chi connectivity index (χ4v) is 3.64. The smallest absolute Gasteiger partial charge is 0.266 e. The number of fused-ring (bicyclic) bond motifs is 1. The normalized spacial score (nSPS) is 19.0. The van der Waals surface area contributed by atoms with Crippen molar-refractivity contribution in [2.24, 2.45) is 7.05 Å². The lowest BCUT2D eigenvalue weighted by Gasteiger charge is -2.32. The van der Waals surface area contributed by atoms with Crippen LogP contribution in [-0.4, -0.2) is 39.7 Å². The molecule has 1 aromatic rings. The van der Waals surface area contributed by atoms with E-state index in [9.17, 15) is 9.59 Å². The molecule has 0 fully saturated rings. The molecular formula is C19H28N4O2. The van der Waals surface area contributed by atoms with Crippen LogP contribution in [0, 0.1) is 0 Å². The second-order valence-electron chi connectivity index (χ2n) is 7.12. The summed E-state index contributed by atoms with van der Waals surface area (Å²) < 4.78 is 1.38. The standard InChI is InChI=1S/C19H28N4O2/c1-14(19(25)20-10-8-15-6-4-3-5-7-15)23-11-9-17-16(13-23)12-18(24)22(2)21-17/h6,12,14H,3-5,7-11,13H2,1-2H3,(H,20,25)/t14-/m0/s1. The van der Waals surface area contributed by atoms with Crippen molar-refractivity contribution in [2.45, 2.75) is 58.0 Å². The highest BCUT2D eigenvalue weighted by molar-refractivity contribution is 5.81. The zero-order valence-corrected chi connectivity index (χ0v) is 15.3. The largest absolute Gasteiger partial charge is 0.354 e. The van der Waals surface area contributed by atoms with Crippen LogP contribution in [0.2, 0.25) is 0 Å². The number of carbonyl (C=O) groups is 1. The van der Waals surface area contributed by atoms with Gasteiger partial charge in [-0.25, -0.2) is 4.68 Å². The van der Waals surface area contributed by atoms with E-state index in [1.807, 2.05) is 6.92 Å². The lowest BCUT2D eigenvalue weighted by atomic mass is 9.97. The molecule has 1 aromatic heterocycles. The molecule has 1 amide bonds. The van der Waals surface area contributed by atoms with Crippen LogP contribution in [0.25, 0.3) is 0 Å². The molecule has 1 N–H and O–H groups in total. The zero-order chi connectivity index (χ0) is 17.8. The van der Waals surface area contributed by atoms with Crippen molar-refractivity contribution in [1.82, 2.24) is 20.0 Å². The van der Waals surface area contributed by atoms with Crippen LogP contribution >= 0.6 is 0 Å². The van der Waals surface area contributed by atoms with Crippen LogP contribution in [-0.2, 0) is 24.8 Å². The maximum atomic E-state index is 12.5. The highest BCUT2D eigenvalue weighted by Crippen LogP contribution is 2.20. The number of nitrogens with one attached hydrogen (secondary N) is 1. The van der Waals surface area contributed by atoms with E-state index in [2.05, 4.69) is 21.4 Å². The average molecular weight is 344 g/mol. The molecule has 1 atom stereocenters. The number of allylic oxidation sites excluding steroid dienone is 1. The van der Waals surface area contributed by atoms with Crippen molar-refractivity contribution in [2.75, 3.05) is 13.1 Å². The maximum absolute atomic E-state index is 12.5. The first-order valence-electron chi connectivity index (χ1n) is 9.30. The number of aromatic nitrogens is 2. The summed E-state index contributed by atoms with van der Waals surface area (Å²) in [5.41, 5.74) is 3.29. The molecule has 3 rings (SSSR count). The molecule has 0 radical (unpaired) electrons. The lowest BCUT2D eigenvalue weighted by molar-refractivity contribution is -0.126. The molecular weight excluding hydrogens is 316 g/mol. The fourth-order valence-electron chi connectivity index (χ4n) is 3.64. The van der Waals surface area contributed by atoms with E-state index in [0.717, 1.165) is 30.6 Å². The van der Waals surface area contributed by atoms with E-state index in [-0.39, 0.29) is 17.5 Å². The first-order valence-corrected chi connectivity index (χ1v) is 9.30. The van der Waals surface area contributed by atoms with Gasteiger partial charge in [-0.1, -0.05) is 11.6 Å². The first kappa shape index (κ1) is 17.9. The summed E-state index contributed by atoms with van der Waals surface area (Å²) >= 11 is 0. The number of amides is 1. The number of carbonyl (C=O) groups excluding carboxylic acids is 1. The van der Waals surface area contributed by atoms with Gasteiger partial charge in [0.15, 0.2) is 0 Å². The third-order valence-electron chi connectivity index (χ3n) is 5.32. The highest BCUT2D eigenvalue weighted by Gasteiger charge is 2.26. The minimum atomic E-state index is -0.197. The predicted molar refractivity (Wildman–Crippen MR) is 97.2 cm³/mol. The minimum absolute atomic E-state index is 0.0663. The second kappa shape index (κ2) is 7.95. The Bertz CT molecular complexity index is 723. The molecule has 0 spiro atoms. The molecule has 25 heavy (non-hydrogen) atoms. The Hall–Kier alpha value is -1.95. The van der Waals surface area contributed by atoms with Gasteiger partial charge in [0, 0.05) is 39.2 Å². The van der Waals surface area contributed by atoms with Gasteiger partial charge in [0.25, 0.3) is 5.56 Å². The second-order valence-corrected chi connectivity index (χ2v) is 7.12. The molecule has 136 valence electrons. The van der Waals surface area contributed by atoms with Gasteiger partial charge in [-0.15, -0.1) is 0 Å². The van der Waals surface area contributed by atoms with Crippen LogP contribution in [0.15, 0.2) is 22.5 Å². The van der Waals surface area contributed by atoms with Gasteiger partial charge < -0.3 is 5.32 Å². The highest BCUT2D eigenvalue weighted by atomic mass is 16.2. The molecule has 0 unspecified atom stereocenters. The molecule has 6 nitrogen and oxygen atoms in total. The summed E-state index contributed by atoms with van der Waals surface area (Å²) in [6, 6.07) is 1.45. The summed E-state index contributed by atoms with van der Waals surface area (Å²) in [5.74, 6) is 0.0663. The molecule has 0 bridgehead atoms. The summed E-state index contributed by atoms with van der Waals surface area (Å²) in [6.45, 7) is 4.05. The Morgan fingerprint density at radius 1 is 1.36 bits per heavy atom. The zero-order valence-electron chi connectivity index (χ0n) is 15.3. The topological polar surface area (TPSA) is 67.2 Å². The average Bonchev–Trinajstić information content (AvgIpc) is 2.62. The van der Waals surface area contributed by atoms with Gasteiger partial charge in [-0.2, -0.15) is 5.10 Å². The molecule has 6 heteroatoms. The molecule has 1 aliphatic carbocycles. The van der Waals surface area contributed by atoms with Gasteiger partial charge in [-0.05, 0) is 44.6 Å². The van der Waals surface area contributed by atoms with Crippen LogP contribution in [0.4, 0.5) is 0 Å². The van der Waals surface area contributed by atoms with Crippen molar-refractivity contribution in [3.8, 4) is 0 Å². The Kier molecular flexibility index (Phi) is 5.68. The van der Waals surface area contributed by atoms with E-state index in [0.29, 0.717) is 13.1 Å². The molecule has 2 aliphatic rings. The van der Waals surface area contributed by atoms with E-state index < -0.39 is 0 Å². The van der Waals surface area contributed by atoms with Crippen molar-refractivity contribution < 1.29 is 4.79 Å². The van der Waals surface area contributed by atoms with Crippen LogP contribution < -0.4 is 10.9 Å². The van der Waals surface area contributed by atoms with E-state index in [1.165, 1.54) is 35.9 Å². The van der Waals surface area contributed by atoms with E-state index in [1.54, 1.807) is 13.1 Å². The van der Waals surface area contributed by atoms with E-state index in [4.69, 9.17) is 0 Å². The molecule has 1 aliphatic heterocycles. The number of aryl methyl sites for hydroxylation is 1. The third kappa shape index (κ3) is 4.37. The third-order valence-corrected chi connectivity index (χ3v) is 5.32. The number of rotatable bonds is 5. The minimum Gasteiger partial charge on any atom is -0.354 e. The Morgan fingerprint density at radius 2 is 2.20 bits per heavy atom. The van der Waals surface area contributed by atoms with E-state index >= 15 is 0 Å². The predicted octanol–water partition coefficient (Wildman–Crippen LogP) is 1.53. The maximum Gasteiger partial charge on any atom is 0.266 e. The van der Waals surface area contributed by atoms with Crippen LogP contribution in [0.3, 0.4) is 0 Å². The van der Waals surface area contributed by atoms with Gasteiger partial charge in [0.2, 0.25) is 5.91 Å².